The Morgan fingerprint density at radius 1 is 1.14 bits per heavy atom. The number of esters is 1. The average Bonchev–Trinajstić information content (AvgIpc) is 2.67. The summed E-state index contributed by atoms with van der Waals surface area (Å²) in [5.74, 6) is 0.816. The molecule has 0 bridgehead atoms. The van der Waals surface area contributed by atoms with Gasteiger partial charge in [-0.1, -0.05) is 0 Å². The van der Waals surface area contributed by atoms with Crippen molar-refractivity contribution in [1.29, 1.82) is 0 Å². The number of hydrogen-bond acceptors (Lipinski definition) is 5. The summed E-state index contributed by atoms with van der Waals surface area (Å²) in [6.07, 6.45) is 7.22. The molecule has 1 heterocycles. The molecule has 2 aliphatic carbocycles. The molecule has 0 radical (unpaired) electrons. The molecule has 4 rings (SSSR count). The molecule has 2 N–H and O–H groups in total. The summed E-state index contributed by atoms with van der Waals surface area (Å²) < 4.78 is 11.5. The molecule has 152 valence electrons. The minimum absolute atomic E-state index is 0. The average molecular weight is 406 g/mol. The topological polar surface area (TPSA) is 82.5 Å². The Labute approximate surface area is 171 Å². The lowest BCUT2D eigenvalue weighted by atomic mass is 9.82. The first-order chi connectivity index (χ1) is 13.1. The van der Waals surface area contributed by atoms with Crippen LogP contribution in [0.1, 0.15) is 55.2 Å². The first-order valence-electron chi connectivity index (χ1n) is 10.1. The second-order valence-corrected chi connectivity index (χ2v) is 8.06. The van der Waals surface area contributed by atoms with Gasteiger partial charge in [-0.15, -0.1) is 12.4 Å². The van der Waals surface area contributed by atoms with Crippen molar-refractivity contribution in [2.45, 2.75) is 58.3 Å². The Bertz CT molecular complexity index is 928. The van der Waals surface area contributed by atoms with Gasteiger partial charge in [0, 0.05) is 5.56 Å². The molecule has 1 aromatic carbocycles. The van der Waals surface area contributed by atoms with Crippen molar-refractivity contribution >= 4 is 29.3 Å². The molecule has 5 nitrogen and oxygen atoms in total. The maximum absolute atomic E-state index is 12.8. The number of benzene rings is 1. The standard InChI is InChI=1S/C22H27NO4.ClH/c1-13-10-18(26-21(24)15-8-6-14(12-23)7-9-15)20-16-4-2-3-5-17(16)22(25)27-19(20)11-13;/h10-11,14-15H,2-9,12,23H2,1H3;1H. The van der Waals surface area contributed by atoms with E-state index in [2.05, 4.69) is 0 Å². The van der Waals surface area contributed by atoms with E-state index in [9.17, 15) is 9.59 Å². The normalized spacial score (nSPS) is 21.6. The number of carbonyl (C=O) groups excluding carboxylic acids is 1. The molecule has 0 atom stereocenters. The fourth-order valence-corrected chi connectivity index (χ4v) is 4.57. The van der Waals surface area contributed by atoms with Crippen LogP contribution in [0.15, 0.2) is 21.3 Å². The maximum Gasteiger partial charge on any atom is 0.339 e. The molecule has 1 fully saturated rings. The van der Waals surface area contributed by atoms with Gasteiger partial charge in [-0.3, -0.25) is 4.79 Å². The van der Waals surface area contributed by atoms with E-state index >= 15 is 0 Å². The van der Waals surface area contributed by atoms with Crippen LogP contribution >= 0.6 is 12.4 Å². The summed E-state index contributed by atoms with van der Waals surface area (Å²) >= 11 is 0. The van der Waals surface area contributed by atoms with Crippen LogP contribution in [0.3, 0.4) is 0 Å². The largest absolute Gasteiger partial charge is 0.426 e. The summed E-state index contributed by atoms with van der Waals surface area (Å²) in [6, 6.07) is 3.75. The van der Waals surface area contributed by atoms with Gasteiger partial charge in [-0.05, 0) is 94.0 Å². The van der Waals surface area contributed by atoms with E-state index in [0.29, 0.717) is 23.8 Å². The van der Waals surface area contributed by atoms with E-state index in [4.69, 9.17) is 14.9 Å². The van der Waals surface area contributed by atoms with E-state index in [1.54, 1.807) is 0 Å². The number of aryl methyl sites for hydroxylation is 2. The third-order valence-corrected chi connectivity index (χ3v) is 6.15. The van der Waals surface area contributed by atoms with Crippen LogP contribution in [0, 0.1) is 18.8 Å². The molecule has 0 spiro atoms. The van der Waals surface area contributed by atoms with Crippen LogP contribution in [0.2, 0.25) is 0 Å². The fourth-order valence-electron chi connectivity index (χ4n) is 4.57. The molecule has 0 amide bonds. The number of rotatable bonds is 3. The molecule has 1 saturated carbocycles. The molecule has 0 unspecified atom stereocenters. The zero-order valence-corrected chi connectivity index (χ0v) is 17.1. The highest BCUT2D eigenvalue weighted by molar-refractivity contribution is 5.91. The van der Waals surface area contributed by atoms with Gasteiger partial charge in [-0.25, -0.2) is 4.79 Å². The van der Waals surface area contributed by atoms with E-state index < -0.39 is 0 Å². The van der Waals surface area contributed by atoms with E-state index in [1.165, 1.54) is 0 Å². The number of halogens is 1. The Morgan fingerprint density at radius 3 is 2.50 bits per heavy atom. The van der Waals surface area contributed by atoms with Gasteiger partial charge in [-0.2, -0.15) is 0 Å². The summed E-state index contributed by atoms with van der Waals surface area (Å²) in [4.78, 5) is 25.2. The predicted molar refractivity (Wildman–Crippen MR) is 111 cm³/mol. The van der Waals surface area contributed by atoms with Crippen molar-refractivity contribution in [1.82, 2.24) is 0 Å². The Balaban J connectivity index is 0.00000225. The monoisotopic (exact) mass is 405 g/mol. The zero-order chi connectivity index (χ0) is 19.0. The smallest absolute Gasteiger partial charge is 0.339 e. The lowest BCUT2D eigenvalue weighted by Gasteiger charge is -2.26. The van der Waals surface area contributed by atoms with Crippen LogP contribution in [-0.4, -0.2) is 12.5 Å². The molecular formula is C22H28ClNO4. The molecule has 28 heavy (non-hydrogen) atoms. The van der Waals surface area contributed by atoms with Crippen LogP contribution < -0.4 is 16.1 Å². The third-order valence-electron chi connectivity index (χ3n) is 6.15. The number of fused-ring (bicyclic) bond motifs is 3. The van der Waals surface area contributed by atoms with Crippen LogP contribution in [0.25, 0.3) is 11.0 Å². The minimum Gasteiger partial charge on any atom is -0.426 e. The number of nitrogens with two attached hydrogens (primary N) is 1. The number of hydrogen-bond donors (Lipinski definition) is 1. The summed E-state index contributed by atoms with van der Waals surface area (Å²) in [6.45, 7) is 2.61. The van der Waals surface area contributed by atoms with Crippen molar-refractivity contribution in [2.75, 3.05) is 6.54 Å². The van der Waals surface area contributed by atoms with Crippen molar-refractivity contribution in [2.24, 2.45) is 17.6 Å². The van der Waals surface area contributed by atoms with Gasteiger partial charge < -0.3 is 14.9 Å². The van der Waals surface area contributed by atoms with Crippen LogP contribution in [0.4, 0.5) is 0 Å². The Kier molecular flexibility index (Phi) is 6.46. The summed E-state index contributed by atoms with van der Waals surface area (Å²) in [5.41, 5.74) is 8.69. The fraction of sp³-hybridized carbons (Fsp3) is 0.545. The summed E-state index contributed by atoms with van der Waals surface area (Å²) in [7, 11) is 0. The highest BCUT2D eigenvalue weighted by atomic mass is 35.5. The van der Waals surface area contributed by atoms with Gasteiger partial charge in [0.1, 0.15) is 11.3 Å². The first kappa shape index (κ1) is 20.9. The second kappa shape index (κ2) is 8.66. The lowest BCUT2D eigenvalue weighted by molar-refractivity contribution is -0.140. The molecular weight excluding hydrogens is 378 g/mol. The predicted octanol–water partition coefficient (Wildman–Crippen LogP) is 4.07. The first-order valence-corrected chi connectivity index (χ1v) is 10.1. The maximum atomic E-state index is 12.8. The molecule has 6 heteroatoms. The molecule has 0 saturated heterocycles. The zero-order valence-electron chi connectivity index (χ0n) is 16.3. The SMILES string of the molecule is Cc1cc(OC(=O)C2CCC(CN)CC2)c2c3c(c(=O)oc2c1)CCCC3.Cl. The van der Waals surface area contributed by atoms with E-state index in [0.717, 1.165) is 73.4 Å². The van der Waals surface area contributed by atoms with Gasteiger partial charge in [0.2, 0.25) is 0 Å². The quantitative estimate of drug-likeness (QED) is 0.472. The van der Waals surface area contributed by atoms with Gasteiger partial charge in [0.15, 0.2) is 0 Å². The van der Waals surface area contributed by atoms with Crippen molar-refractivity contribution in [3.63, 3.8) is 0 Å². The van der Waals surface area contributed by atoms with E-state index in [-0.39, 0.29) is 29.9 Å². The lowest BCUT2D eigenvalue weighted by Crippen LogP contribution is -2.28. The highest BCUT2D eigenvalue weighted by Gasteiger charge is 2.28. The minimum atomic E-state index is -0.250. The van der Waals surface area contributed by atoms with Crippen molar-refractivity contribution in [3.8, 4) is 5.75 Å². The van der Waals surface area contributed by atoms with Crippen molar-refractivity contribution < 1.29 is 13.9 Å². The molecule has 2 aliphatic rings. The highest BCUT2D eigenvalue weighted by Crippen LogP contribution is 2.36. The molecule has 2 aromatic rings. The van der Waals surface area contributed by atoms with Gasteiger partial charge >= 0.3 is 11.6 Å². The number of carbonyl (C=O) groups is 1. The van der Waals surface area contributed by atoms with Crippen LogP contribution in [-0.2, 0) is 17.6 Å². The molecule has 1 aromatic heterocycles. The van der Waals surface area contributed by atoms with Crippen molar-refractivity contribution in [3.05, 3.63) is 39.2 Å². The second-order valence-electron chi connectivity index (χ2n) is 8.06. The number of ether oxygens (including phenoxy) is 1. The molecule has 0 aliphatic heterocycles. The Hall–Kier alpha value is -1.85. The third kappa shape index (κ3) is 3.96. The Morgan fingerprint density at radius 2 is 1.82 bits per heavy atom. The van der Waals surface area contributed by atoms with E-state index in [1.807, 2.05) is 19.1 Å². The summed E-state index contributed by atoms with van der Waals surface area (Å²) in [5, 5.41) is 0.805. The van der Waals surface area contributed by atoms with Crippen LogP contribution in [0.5, 0.6) is 5.75 Å². The van der Waals surface area contributed by atoms with Gasteiger partial charge in [0.05, 0.1) is 11.3 Å². The van der Waals surface area contributed by atoms with Gasteiger partial charge in [0.25, 0.3) is 0 Å².